The van der Waals surface area contributed by atoms with Gasteiger partial charge in [0.15, 0.2) is 0 Å². The summed E-state index contributed by atoms with van der Waals surface area (Å²) in [5.74, 6) is 1.41. The van der Waals surface area contributed by atoms with Crippen LogP contribution in [0.2, 0.25) is 0 Å². The Morgan fingerprint density at radius 2 is 1.85 bits per heavy atom. The van der Waals surface area contributed by atoms with Crippen molar-refractivity contribution in [3.05, 3.63) is 59.7 Å². The number of rotatable bonds is 7. The molecule has 0 radical (unpaired) electrons. The number of piperidine rings is 1. The third-order valence-electron chi connectivity index (χ3n) is 7.03. The lowest BCUT2D eigenvalue weighted by Crippen LogP contribution is -2.50. The molecule has 3 aromatic rings. The van der Waals surface area contributed by atoms with Gasteiger partial charge >= 0.3 is 5.97 Å². The van der Waals surface area contributed by atoms with Crippen LogP contribution in [0.1, 0.15) is 36.8 Å². The predicted molar refractivity (Wildman–Crippen MR) is 130 cm³/mol. The highest BCUT2D eigenvalue weighted by Crippen LogP contribution is 2.39. The zero-order chi connectivity index (χ0) is 22.6. The van der Waals surface area contributed by atoms with Crippen LogP contribution >= 0.6 is 12.4 Å². The van der Waals surface area contributed by atoms with Crippen LogP contribution in [-0.2, 0) is 17.6 Å². The van der Waals surface area contributed by atoms with Crippen LogP contribution in [0.15, 0.2) is 48.5 Å². The molecule has 1 aliphatic carbocycles. The molecule has 0 bridgehead atoms. The second-order valence-electron chi connectivity index (χ2n) is 9.16. The maximum absolute atomic E-state index is 11.5. The van der Waals surface area contributed by atoms with Crippen LogP contribution in [-0.4, -0.2) is 50.4 Å². The predicted octanol–water partition coefficient (Wildman–Crippen LogP) is 3.68. The molecule has 2 aromatic carbocycles. The van der Waals surface area contributed by atoms with Crippen LogP contribution in [0.4, 0.5) is 0 Å². The molecule has 0 amide bonds. The van der Waals surface area contributed by atoms with Gasteiger partial charge in [-0.2, -0.15) is 5.21 Å². The normalized spacial score (nSPS) is 24.0. The minimum Gasteiger partial charge on any atom is -0.490 e. The van der Waals surface area contributed by atoms with Gasteiger partial charge in [0.25, 0.3) is 0 Å². The van der Waals surface area contributed by atoms with Gasteiger partial charge < -0.3 is 15.2 Å². The highest BCUT2D eigenvalue weighted by atomic mass is 35.5. The Labute approximate surface area is 204 Å². The second kappa shape index (κ2) is 11.0. The molecule has 3 N–H and O–H groups in total. The molecular weight excluding hydrogens is 454 g/mol. The standard InChI is InChI=1S/C25H29N5O3.ClH/c31-25(32)22-14-19-13-20(10-9-18(19)15-26-22)33-23-12-17(7-6-16-4-2-1-3-5-16)8-11-21(23)24-27-29-30-28-24;/h1-5,8,11-12,18-20,22,26H,6-7,9-10,13-15H2,(H,31,32)(H,27,28,29,30);1H/t18-,19+,20-,22-;/m0./s1. The third kappa shape index (κ3) is 5.56. The lowest BCUT2D eigenvalue weighted by Gasteiger charge is -2.41. The number of hydrogen-bond donors (Lipinski definition) is 3. The first-order valence-corrected chi connectivity index (χ1v) is 11.7. The number of aromatic nitrogens is 4. The van der Waals surface area contributed by atoms with Crippen LogP contribution in [0.25, 0.3) is 11.4 Å². The van der Waals surface area contributed by atoms with Gasteiger partial charge in [0.2, 0.25) is 5.82 Å². The molecule has 9 heteroatoms. The Kier molecular flexibility index (Phi) is 7.80. The lowest BCUT2D eigenvalue weighted by atomic mass is 9.72. The van der Waals surface area contributed by atoms with E-state index in [2.05, 4.69) is 62.3 Å². The van der Waals surface area contributed by atoms with Gasteiger partial charge in [-0.3, -0.25) is 4.79 Å². The summed E-state index contributed by atoms with van der Waals surface area (Å²) >= 11 is 0. The highest BCUT2D eigenvalue weighted by molar-refractivity contribution is 5.85. The topological polar surface area (TPSA) is 113 Å². The molecule has 0 spiro atoms. The Balaban J connectivity index is 0.00000274. The number of benzene rings is 2. The van der Waals surface area contributed by atoms with E-state index in [1.807, 2.05) is 12.1 Å². The molecule has 1 saturated carbocycles. The number of ether oxygens (including phenoxy) is 1. The number of aryl methyl sites for hydroxylation is 2. The summed E-state index contributed by atoms with van der Waals surface area (Å²) in [7, 11) is 0. The number of nitrogens with one attached hydrogen (secondary N) is 2. The van der Waals surface area contributed by atoms with Crippen molar-refractivity contribution in [1.82, 2.24) is 25.9 Å². The molecule has 2 heterocycles. The number of hydrogen-bond acceptors (Lipinski definition) is 6. The fourth-order valence-electron chi connectivity index (χ4n) is 5.21. The molecule has 1 saturated heterocycles. The number of tetrazole rings is 1. The van der Waals surface area contributed by atoms with Gasteiger partial charge in [0.05, 0.1) is 11.7 Å². The Hall–Kier alpha value is -2.97. The first-order valence-electron chi connectivity index (χ1n) is 11.7. The van der Waals surface area contributed by atoms with Crippen LogP contribution in [0.5, 0.6) is 5.75 Å². The largest absolute Gasteiger partial charge is 0.490 e. The number of carbonyl (C=O) groups is 1. The van der Waals surface area contributed by atoms with E-state index in [1.54, 1.807) is 0 Å². The average Bonchev–Trinajstić information content (AvgIpc) is 3.38. The van der Waals surface area contributed by atoms with E-state index in [4.69, 9.17) is 4.74 Å². The molecular formula is C25H30ClN5O3. The first-order chi connectivity index (χ1) is 16.2. The molecule has 2 fully saturated rings. The fourth-order valence-corrected chi connectivity index (χ4v) is 5.21. The minimum absolute atomic E-state index is 0. The van der Waals surface area contributed by atoms with Crippen molar-refractivity contribution in [1.29, 1.82) is 0 Å². The smallest absolute Gasteiger partial charge is 0.320 e. The summed E-state index contributed by atoms with van der Waals surface area (Å²) in [4.78, 5) is 11.5. The van der Waals surface area contributed by atoms with Crippen molar-refractivity contribution in [3.8, 4) is 17.1 Å². The second-order valence-corrected chi connectivity index (χ2v) is 9.16. The number of nitrogens with zero attached hydrogens (tertiary/aromatic N) is 3. The van der Waals surface area contributed by atoms with Crippen LogP contribution in [0.3, 0.4) is 0 Å². The third-order valence-corrected chi connectivity index (χ3v) is 7.03. The number of halogens is 1. The molecule has 180 valence electrons. The van der Waals surface area contributed by atoms with Crippen molar-refractivity contribution < 1.29 is 14.6 Å². The monoisotopic (exact) mass is 483 g/mol. The molecule has 5 rings (SSSR count). The Bertz CT molecular complexity index is 1080. The lowest BCUT2D eigenvalue weighted by molar-refractivity contribution is -0.141. The van der Waals surface area contributed by atoms with Crippen molar-refractivity contribution in [2.24, 2.45) is 11.8 Å². The summed E-state index contributed by atoms with van der Waals surface area (Å²) in [6, 6.07) is 16.2. The number of carboxylic acids is 1. The Morgan fingerprint density at radius 3 is 2.62 bits per heavy atom. The molecule has 8 nitrogen and oxygen atoms in total. The number of H-pyrrole nitrogens is 1. The summed E-state index contributed by atoms with van der Waals surface area (Å²) in [6.07, 6.45) is 5.45. The van der Waals surface area contributed by atoms with Crippen molar-refractivity contribution >= 4 is 18.4 Å². The summed E-state index contributed by atoms with van der Waals surface area (Å²) in [5.41, 5.74) is 3.32. The summed E-state index contributed by atoms with van der Waals surface area (Å²) < 4.78 is 6.56. The summed E-state index contributed by atoms with van der Waals surface area (Å²) in [6.45, 7) is 0.775. The maximum Gasteiger partial charge on any atom is 0.320 e. The van der Waals surface area contributed by atoms with Gasteiger partial charge in [-0.15, -0.1) is 22.6 Å². The van der Waals surface area contributed by atoms with Gasteiger partial charge in [0, 0.05) is 0 Å². The molecule has 34 heavy (non-hydrogen) atoms. The van der Waals surface area contributed by atoms with Gasteiger partial charge in [-0.1, -0.05) is 36.4 Å². The van der Waals surface area contributed by atoms with Crippen molar-refractivity contribution in [2.45, 2.75) is 50.7 Å². The minimum atomic E-state index is -0.762. The van der Waals surface area contributed by atoms with E-state index >= 15 is 0 Å². The SMILES string of the molecule is Cl.O=C(O)[C@@H]1C[C@H]2C[C@@H](Oc3cc(CCc4ccccc4)ccc3-c3nn[nH]n3)CC[C@H]2CN1. The number of aromatic amines is 1. The maximum atomic E-state index is 11.5. The van der Waals surface area contributed by atoms with Crippen LogP contribution in [0, 0.1) is 11.8 Å². The fraction of sp³-hybridized carbons (Fsp3) is 0.440. The van der Waals surface area contributed by atoms with E-state index in [1.165, 1.54) is 11.1 Å². The molecule has 4 atom stereocenters. The number of carboxylic acid groups (broad SMARTS) is 1. The van der Waals surface area contributed by atoms with Gasteiger partial charge in [0.1, 0.15) is 11.8 Å². The quantitative estimate of drug-likeness (QED) is 0.469. The van der Waals surface area contributed by atoms with Gasteiger partial charge in [-0.05, 0) is 85.4 Å². The average molecular weight is 484 g/mol. The van der Waals surface area contributed by atoms with E-state index in [0.717, 1.165) is 50.0 Å². The van der Waals surface area contributed by atoms with E-state index < -0.39 is 12.0 Å². The number of aliphatic carboxylic acids is 1. The zero-order valence-electron chi connectivity index (χ0n) is 18.9. The van der Waals surface area contributed by atoms with Gasteiger partial charge in [-0.25, -0.2) is 0 Å². The van der Waals surface area contributed by atoms with E-state index in [9.17, 15) is 9.90 Å². The number of fused-ring (bicyclic) bond motifs is 1. The summed E-state index contributed by atoms with van der Waals surface area (Å²) in [5, 5.41) is 27.1. The van der Waals surface area contributed by atoms with Crippen molar-refractivity contribution in [2.75, 3.05) is 6.54 Å². The Morgan fingerprint density at radius 1 is 1.03 bits per heavy atom. The molecule has 0 unspecified atom stereocenters. The van der Waals surface area contributed by atoms with E-state index in [-0.39, 0.29) is 18.5 Å². The zero-order valence-corrected chi connectivity index (χ0v) is 19.7. The van der Waals surface area contributed by atoms with Crippen LogP contribution < -0.4 is 10.1 Å². The van der Waals surface area contributed by atoms with Crippen molar-refractivity contribution in [3.63, 3.8) is 0 Å². The first kappa shape index (κ1) is 24.2. The molecule has 2 aliphatic rings. The highest BCUT2D eigenvalue weighted by Gasteiger charge is 2.38. The molecule has 1 aliphatic heterocycles. The molecule has 1 aromatic heterocycles. The van der Waals surface area contributed by atoms with E-state index in [0.29, 0.717) is 24.1 Å².